The fourth-order valence-electron chi connectivity index (χ4n) is 3.83. The number of amides is 1. The van der Waals surface area contributed by atoms with Gasteiger partial charge in [-0.3, -0.25) is 4.79 Å². The molecule has 0 saturated carbocycles. The van der Waals surface area contributed by atoms with E-state index in [0.717, 1.165) is 18.4 Å². The molecule has 0 bridgehead atoms. The van der Waals surface area contributed by atoms with Crippen LogP contribution >= 0.6 is 11.6 Å². The van der Waals surface area contributed by atoms with Crippen LogP contribution in [-0.4, -0.2) is 29.1 Å². The minimum Gasteiger partial charge on any atom is -0.360 e. The fraction of sp³-hybridized carbons (Fsp3) is 0.273. The lowest BCUT2D eigenvalue weighted by Crippen LogP contribution is -2.38. The predicted octanol–water partition coefficient (Wildman–Crippen LogP) is 5.60. The Kier molecular flexibility index (Phi) is 5.37. The summed E-state index contributed by atoms with van der Waals surface area (Å²) in [7, 11) is 0. The summed E-state index contributed by atoms with van der Waals surface area (Å²) in [4.78, 5) is 14.9. The normalized spacial score (nSPS) is 15.0. The van der Waals surface area contributed by atoms with Crippen molar-refractivity contribution < 1.29 is 18.1 Å². The Bertz CT molecular complexity index is 1020. The number of benzene rings is 2. The maximum Gasteiger partial charge on any atom is 0.259 e. The zero-order valence-corrected chi connectivity index (χ0v) is 16.5. The van der Waals surface area contributed by atoms with Gasteiger partial charge in [0.15, 0.2) is 0 Å². The zero-order chi connectivity index (χ0) is 20.5. The molecule has 0 aliphatic carbocycles. The maximum atomic E-state index is 14.4. The van der Waals surface area contributed by atoms with Crippen LogP contribution in [0.2, 0.25) is 5.02 Å². The molecule has 3 aromatic rings. The molecular formula is C22H19ClF2N2O2. The monoisotopic (exact) mass is 416 g/mol. The van der Waals surface area contributed by atoms with E-state index in [2.05, 4.69) is 5.16 Å². The molecule has 1 aromatic heterocycles. The van der Waals surface area contributed by atoms with Gasteiger partial charge >= 0.3 is 0 Å². The van der Waals surface area contributed by atoms with Gasteiger partial charge in [-0.2, -0.15) is 0 Å². The highest BCUT2D eigenvalue weighted by Gasteiger charge is 2.31. The number of likely N-dealkylation sites (tertiary alicyclic amines) is 1. The van der Waals surface area contributed by atoms with E-state index in [1.54, 1.807) is 30.0 Å². The van der Waals surface area contributed by atoms with Crippen LogP contribution in [0.4, 0.5) is 8.78 Å². The molecule has 0 atom stereocenters. The molecule has 1 aliphatic heterocycles. The molecule has 1 fully saturated rings. The number of piperidine rings is 1. The van der Waals surface area contributed by atoms with Crippen LogP contribution in [0.5, 0.6) is 0 Å². The van der Waals surface area contributed by atoms with E-state index >= 15 is 0 Å². The minimum absolute atomic E-state index is 0.0653. The predicted molar refractivity (Wildman–Crippen MR) is 106 cm³/mol. The van der Waals surface area contributed by atoms with E-state index in [0.29, 0.717) is 18.8 Å². The fourth-order valence-corrected chi connectivity index (χ4v) is 4.08. The van der Waals surface area contributed by atoms with E-state index < -0.39 is 5.82 Å². The molecule has 1 aliphatic rings. The highest BCUT2D eigenvalue weighted by Crippen LogP contribution is 2.35. The Morgan fingerprint density at radius 3 is 2.48 bits per heavy atom. The first kappa shape index (κ1) is 19.6. The molecule has 0 radical (unpaired) electrons. The van der Waals surface area contributed by atoms with Crippen molar-refractivity contribution in [2.45, 2.75) is 25.7 Å². The van der Waals surface area contributed by atoms with E-state index in [1.807, 2.05) is 0 Å². The summed E-state index contributed by atoms with van der Waals surface area (Å²) in [5.74, 6) is -0.484. The van der Waals surface area contributed by atoms with Gasteiger partial charge in [0.1, 0.15) is 28.7 Å². The van der Waals surface area contributed by atoms with Gasteiger partial charge in [0.2, 0.25) is 0 Å². The third-order valence-electron chi connectivity index (χ3n) is 5.40. The number of nitrogens with zero attached hydrogens (tertiary/aromatic N) is 2. The van der Waals surface area contributed by atoms with Crippen molar-refractivity contribution in [3.63, 3.8) is 0 Å². The van der Waals surface area contributed by atoms with Crippen molar-refractivity contribution in [1.82, 2.24) is 10.1 Å². The summed E-state index contributed by atoms with van der Waals surface area (Å²) in [5, 5.41) is 4.08. The third kappa shape index (κ3) is 3.77. The number of carbonyl (C=O) groups excluding carboxylic acids is 1. The first-order valence-corrected chi connectivity index (χ1v) is 9.79. The van der Waals surface area contributed by atoms with Crippen molar-refractivity contribution in [2.24, 2.45) is 0 Å². The SMILES string of the molecule is Cc1onc(-c2c(F)cccc2Cl)c1C(=O)N1CCC(c2ccc(F)cc2)CC1. The number of rotatable bonds is 3. The maximum absolute atomic E-state index is 14.4. The molecule has 4 nitrogen and oxygen atoms in total. The Balaban J connectivity index is 1.56. The van der Waals surface area contributed by atoms with E-state index in [9.17, 15) is 13.6 Å². The first-order chi connectivity index (χ1) is 14.0. The van der Waals surface area contributed by atoms with Crippen LogP contribution in [0.3, 0.4) is 0 Å². The molecule has 2 heterocycles. The van der Waals surface area contributed by atoms with Gasteiger partial charge in [-0.15, -0.1) is 0 Å². The van der Waals surface area contributed by atoms with E-state index in [1.165, 1.54) is 24.3 Å². The Labute approximate surface area is 172 Å². The average molecular weight is 417 g/mol. The number of hydrogen-bond acceptors (Lipinski definition) is 3. The van der Waals surface area contributed by atoms with Gasteiger partial charge in [-0.1, -0.05) is 35.0 Å². The third-order valence-corrected chi connectivity index (χ3v) is 5.71. The Morgan fingerprint density at radius 1 is 1.14 bits per heavy atom. The zero-order valence-electron chi connectivity index (χ0n) is 15.8. The largest absolute Gasteiger partial charge is 0.360 e. The molecular weight excluding hydrogens is 398 g/mol. The standard InChI is InChI=1S/C22H19ClF2N2O2/c1-13-19(21(26-29-13)20-17(23)3-2-4-18(20)25)22(28)27-11-9-15(10-12-27)14-5-7-16(24)8-6-14/h2-8,15H,9-12H2,1H3. The number of aromatic nitrogens is 1. The lowest BCUT2D eigenvalue weighted by Gasteiger charge is -2.32. The Morgan fingerprint density at radius 2 is 1.83 bits per heavy atom. The number of hydrogen-bond donors (Lipinski definition) is 0. The van der Waals surface area contributed by atoms with Crippen LogP contribution < -0.4 is 0 Å². The van der Waals surface area contributed by atoms with Crippen LogP contribution in [-0.2, 0) is 0 Å². The van der Waals surface area contributed by atoms with Crippen molar-refractivity contribution >= 4 is 17.5 Å². The molecule has 0 spiro atoms. The van der Waals surface area contributed by atoms with Crippen LogP contribution in [0.15, 0.2) is 47.0 Å². The summed E-state index contributed by atoms with van der Waals surface area (Å²) in [5.41, 5.74) is 1.49. The highest BCUT2D eigenvalue weighted by atomic mass is 35.5. The molecule has 0 N–H and O–H groups in total. The van der Waals surface area contributed by atoms with Gasteiger partial charge in [0, 0.05) is 13.1 Å². The van der Waals surface area contributed by atoms with Crippen molar-refractivity contribution in [2.75, 3.05) is 13.1 Å². The minimum atomic E-state index is -0.560. The molecule has 1 amide bonds. The number of aryl methyl sites for hydroxylation is 1. The average Bonchev–Trinajstić information content (AvgIpc) is 3.09. The summed E-state index contributed by atoms with van der Waals surface area (Å²) in [6.07, 6.45) is 1.52. The number of halogens is 3. The lowest BCUT2D eigenvalue weighted by molar-refractivity contribution is 0.0712. The second-order valence-corrected chi connectivity index (χ2v) is 7.58. The molecule has 150 valence electrons. The molecule has 29 heavy (non-hydrogen) atoms. The second kappa shape index (κ2) is 7.95. The topological polar surface area (TPSA) is 46.3 Å². The van der Waals surface area contributed by atoms with Gasteiger partial charge in [-0.05, 0) is 55.5 Å². The van der Waals surface area contributed by atoms with Crippen LogP contribution in [0, 0.1) is 18.6 Å². The molecule has 7 heteroatoms. The summed E-state index contributed by atoms with van der Waals surface area (Å²) in [6, 6.07) is 10.8. The van der Waals surface area contributed by atoms with Crippen LogP contribution in [0.1, 0.15) is 40.4 Å². The molecule has 0 unspecified atom stereocenters. The summed E-state index contributed by atoms with van der Waals surface area (Å²) in [6.45, 7) is 2.70. The molecule has 1 saturated heterocycles. The van der Waals surface area contributed by atoms with Crippen LogP contribution in [0.25, 0.3) is 11.3 Å². The smallest absolute Gasteiger partial charge is 0.259 e. The quantitative estimate of drug-likeness (QED) is 0.558. The molecule has 4 rings (SSSR count). The van der Waals surface area contributed by atoms with Crippen molar-refractivity contribution in [1.29, 1.82) is 0 Å². The van der Waals surface area contributed by atoms with Crippen molar-refractivity contribution in [3.05, 3.63) is 76.0 Å². The van der Waals surface area contributed by atoms with Gasteiger partial charge in [0.05, 0.1) is 10.6 Å². The van der Waals surface area contributed by atoms with E-state index in [-0.39, 0.29) is 39.5 Å². The van der Waals surface area contributed by atoms with Gasteiger partial charge < -0.3 is 9.42 Å². The van der Waals surface area contributed by atoms with E-state index in [4.69, 9.17) is 16.1 Å². The first-order valence-electron chi connectivity index (χ1n) is 9.41. The highest BCUT2D eigenvalue weighted by molar-refractivity contribution is 6.33. The second-order valence-electron chi connectivity index (χ2n) is 7.18. The van der Waals surface area contributed by atoms with Gasteiger partial charge in [0.25, 0.3) is 5.91 Å². The van der Waals surface area contributed by atoms with Gasteiger partial charge in [-0.25, -0.2) is 8.78 Å². The van der Waals surface area contributed by atoms with Crippen molar-refractivity contribution in [3.8, 4) is 11.3 Å². The number of carbonyl (C=O) groups is 1. The Hall–Kier alpha value is -2.73. The summed E-state index contributed by atoms with van der Waals surface area (Å²) < 4.78 is 32.7. The summed E-state index contributed by atoms with van der Waals surface area (Å²) >= 11 is 6.16. The lowest BCUT2D eigenvalue weighted by atomic mass is 9.89. The molecule has 2 aromatic carbocycles.